The summed E-state index contributed by atoms with van der Waals surface area (Å²) < 4.78 is 1.14. The molecular weight excluding hydrogens is 354 g/mol. The van der Waals surface area contributed by atoms with Crippen LogP contribution in [0, 0.1) is 0 Å². The molecule has 0 radical (unpaired) electrons. The number of aromatic carboxylic acids is 1. The maximum atomic E-state index is 11.1. The van der Waals surface area contributed by atoms with Crippen LogP contribution in [0.15, 0.2) is 53.0 Å². The summed E-state index contributed by atoms with van der Waals surface area (Å²) in [5.74, 6) is -0.880. The minimum absolute atomic E-state index is 0.342. The van der Waals surface area contributed by atoms with Gasteiger partial charge in [-0.3, -0.25) is 4.90 Å². The summed E-state index contributed by atoms with van der Waals surface area (Å²) in [7, 11) is 2.10. The van der Waals surface area contributed by atoms with Crippen molar-refractivity contribution in [2.75, 3.05) is 7.05 Å². The van der Waals surface area contributed by atoms with Crippen molar-refractivity contribution in [3.05, 3.63) is 69.7 Å². The molecule has 0 saturated heterocycles. The molecule has 4 heteroatoms. The Morgan fingerprint density at radius 1 is 1.22 bits per heavy atom. The van der Waals surface area contributed by atoms with Crippen LogP contribution in [-0.4, -0.2) is 29.1 Å². The average molecular weight is 376 g/mol. The van der Waals surface area contributed by atoms with Crippen LogP contribution < -0.4 is 0 Å². The molecule has 0 aliphatic heterocycles. The number of halogens is 1. The highest BCUT2D eigenvalue weighted by Crippen LogP contribution is 2.21. The Bertz CT molecular complexity index is 672. The summed E-state index contributed by atoms with van der Waals surface area (Å²) in [4.78, 5) is 13.4. The zero-order valence-electron chi connectivity index (χ0n) is 13.5. The second kappa shape index (κ2) is 8.27. The summed E-state index contributed by atoms with van der Waals surface area (Å²) >= 11 is 3.61. The molecule has 2 aromatic rings. The first-order chi connectivity index (χ1) is 11.0. The molecule has 122 valence electrons. The van der Waals surface area contributed by atoms with Gasteiger partial charge in [-0.1, -0.05) is 53.2 Å². The van der Waals surface area contributed by atoms with Gasteiger partial charge in [-0.2, -0.15) is 0 Å². The van der Waals surface area contributed by atoms with Gasteiger partial charge in [0.05, 0.1) is 5.56 Å². The van der Waals surface area contributed by atoms with Gasteiger partial charge < -0.3 is 5.11 Å². The second-order valence-electron chi connectivity index (χ2n) is 5.78. The highest BCUT2D eigenvalue weighted by molar-refractivity contribution is 9.10. The van der Waals surface area contributed by atoms with E-state index in [2.05, 4.69) is 53.0 Å². The lowest BCUT2D eigenvalue weighted by atomic mass is 10.0. The van der Waals surface area contributed by atoms with E-state index in [1.807, 2.05) is 12.1 Å². The minimum Gasteiger partial charge on any atom is -0.478 e. The molecule has 0 heterocycles. The van der Waals surface area contributed by atoms with Gasteiger partial charge in [0.25, 0.3) is 0 Å². The summed E-state index contributed by atoms with van der Waals surface area (Å²) in [5.41, 5.74) is 2.67. The predicted octanol–water partition coefficient (Wildman–Crippen LogP) is 4.60. The van der Waals surface area contributed by atoms with Crippen LogP contribution >= 0.6 is 15.9 Å². The van der Waals surface area contributed by atoms with E-state index in [0.29, 0.717) is 11.6 Å². The van der Waals surface area contributed by atoms with Crippen molar-refractivity contribution in [1.29, 1.82) is 0 Å². The predicted molar refractivity (Wildman–Crippen MR) is 96.8 cm³/mol. The third-order valence-corrected chi connectivity index (χ3v) is 4.89. The molecule has 0 spiro atoms. The zero-order valence-corrected chi connectivity index (χ0v) is 15.1. The molecule has 0 aliphatic rings. The van der Waals surface area contributed by atoms with Gasteiger partial charge in [0.2, 0.25) is 0 Å². The molecule has 0 aromatic heterocycles. The molecule has 0 amide bonds. The molecule has 2 aromatic carbocycles. The maximum absolute atomic E-state index is 11.1. The fraction of sp³-hybridized carbons (Fsp3) is 0.316. The Morgan fingerprint density at radius 2 is 1.96 bits per heavy atom. The number of carboxylic acids is 1. The van der Waals surface area contributed by atoms with Crippen molar-refractivity contribution in [2.45, 2.75) is 32.4 Å². The average Bonchev–Trinajstić information content (AvgIpc) is 2.54. The van der Waals surface area contributed by atoms with Crippen molar-refractivity contribution >= 4 is 21.9 Å². The molecule has 1 unspecified atom stereocenters. The van der Waals surface area contributed by atoms with Crippen molar-refractivity contribution in [3.8, 4) is 0 Å². The first kappa shape index (κ1) is 17.7. The Labute approximate surface area is 146 Å². The SMILES string of the molecule is CCC(Cc1ccccc1Br)N(C)Cc1cccc(C(=O)O)c1. The van der Waals surface area contributed by atoms with Gasteiger partial charge in [-0.25, -0.2) is 4.79 Å². The van der Waals surface area contributed by atoms with Crippen LogP contribution in [0.4, 0.5) is 0 Å². The number of carboxylic acid groups (broad SMARTS) is 1. The fourth-order valence-electron chi connectivity index (χ4n) is 2.75. The van der Waals surface area contributed by atoms with Gasteiger partial charge in [-0.05, 0) is 49.2 Å². The number of nitrogens with zero attached hydrogens (tertiary/aromatic N) is 1. The zero-order chi connectivity index (χ0) is 16.8. The minimum atomic E-state index is -0.880. The summed E-state index contributed by atoms with van der Waals surface area (Å²) in [6.45, 7) is 2.93. The lowest BCUT2D eigenvalue weighted by Crippen LogP contribution is -2.32. The molecule has 23 heavy (non-hydrogen) atoms. The van der Waals surface area contributed by atoms with E-state index >= 15 is 0 Å². The van der Waals surface area contributed by atoms with Gasteiger partial charge in [0.1, 0.15) is 0 Å². The topological polar surface area (TPSA) is 40.5 Å². The van der Waals surface area contributed by atoms with Gasteiger partial charge in [0, 0.05) is 17.1 Å². The van der Waals surface area contributed by atoms with Crippen LogP contribution in [0.2, 0.25) is 0 Å². The standard InChI is InChI=1S/C19H22BrNO2/c1-3-17(12-15-8-4-5-10-18(15)20)21(2)13-14-7-6-9-16(11-14)19(22)23/h4-11,17H,3,12-13H2,1-2H3,(H,22,23). The number of rotatable bonds is 7. The van der Waals surface area contributed by atoms with E-state index in [1.165, 1.54) is 5.56 Å². The maximum Gasteiger partial charge on any atom is 0.335 e. The third kappa shape index (κ3) is 4.91. The number of carbonyl (C=O) groups is 1. The van der Waals surface area contributed by atoms with E-state index in [0.717, 1.165) is 29.4 Å². The largest absolute Gasteiger partial charge is 0.478 e. The highest BCUT2D eigenvalue weighted by Gasteiger charge is 2.15. The molecule has 3 nitrogen and oxygen atoms in total. The van der Waals surface area contributed by atoms with Gasteiger partial charge in [0.15, 0.2) is 0 Å². The molecule has 0 fully saturated rings. The summed E-state index contributed by atoms with van der Waals surface area (Å²) in [6.07, 6.45) is 2.00. The number of hydrogen-bond acceptors (Lipinski definition) is 2. The van der Waals surface area contributed by atoms with Crippen LogP contribution in [0.25, 0.3) is 0 Å². The summed E-state index contributed by atoms with van der Waals surface area (Å²) in [6, 6.07) is 15.9. The number of hydrogen-bond donors (Lipinski definition) is 1. The van der Waals surface area contributed by atoms with E-state index in [9.17, 15) is 4.79 Å². The number of likely N-dealkylation sites (N-methyl/N-ethyl adjacent to an activating group) is 1. The van der Waals surface area contributed by atoms with E-state index in [4.69, 9.17) is 5.11 Å². The Balaban J connectivity index is 2.08. The normalized spacial score (nSPS) is 12.3. The van der Waals surface area contributed by atoms with Crippen LogP contribution in [0.1, 0.15) is 34.8 Å². The van der Waals surface area contributed by atoms with Crippen LogP contribution in [0.3, 0.4) is 0 Å². The second-order valence-corrected chi connectivity index (χ2v) is 6.63. The lowest BCUT2D eigenvalue weighted by molar-refractivity contribution is 0.0696. The summed E-state index contributed by atoms with van der Waals surface area (Å²) in [5, 5.41) is 9.11. The van der Waals surface area contributed by atoms with Gasteiger partial charge in [-0.15, -0.1) is 0 Å². The van der Waals surface area contributed by atoms with Crippen molar-refractivity contribution in [3.63, 3.8) is 0 Å². The van der Waals surface area contributed by atoms with E-state index in [1.54, 1.807) is 18.2 Å². The first-order valence-electron chi connectivity index (χ1n) is 7.77. The number of benzene rings is 2. The molecule has 0 saturated carbocycles. The monoisotopic (exact) mass is 375 g/mol. The third-order valence-electron chi connectivity index (χ3n) is 4.11. The quantitative estimate of drug-likeness (QED) is 0.768. The molecular formula is C19H22BrNO2. The van der Waals surface area contributed by atoms with Crippen molar-refractivity contribution in [1.82, 2.24) is 4.90 Å². The molecule has 1 atom stereocenters. The smallest absolute Gasteiger partial charge is 0.335 e. The Kier molecular flexibility index (Phi) is 6.37. The van der Waals surface area contributed by atoms with Crippen molar-refractivity contribution < 1.29 is 9.90 Å². The Morgan fingerprint density at radius 3 is 2.61 bits per heavy atom. The molecule has 0 bridgehead atoms. The van der Waals surface area contributed by atoms with Crippen LogP contribution in [-0.2, 0) is 13.0 Å². The Hall–Kier alpha value is -1.65. The van der Waals surface area contributed by atoms with E-state index < -0.39 is 5.97 Å². The molecule has 0 aliphatic carbocycles. The fourth-order valence-corrected chi connectivity index (χ4v) is 3.20. The highest BCUT2D eigenvalue weighted by atomic mass is 79.9. The molecule has 1 N–H and O–H groups in total. The first-order valence-corrected chi connectivity index (χ1v) is 8.56. The van der Waals surface area contributed by atoms with Gasteiger partial charge >= 0.3 is 5.97 Å². The molecule has 2 rings (SSSR count). The lowest BCUT2D eigenvalue weighted by Gasteiger charge is -2.28. The van der Waals surface area contributed by atoms with Crippen LogP contribution in [0.5, 0.6) is 0 Å². The van der Waals surface area contributed by atoms with Crippen molar-refractivity contribution in [2.24, 2.45) is 0 Å². The van der Waals surface area contributed by atoms with E-state index in [-0.39, 0.29) is 0 Å².